The molecule has 1 aliphatic heterocycles. The van der Waals surface area contributed by atoms with Crippen molar-refractivity contribution in [1.29, 1.82) is 0 Å². The Hall–Kier alpha value is -4.31. The van der Waals surface area contributed by atoms with Gasteiger partial charge in [-0.3, -0.25) is 9.78 Å². The predicted octanol–water partition coefficient (Wildman–Crippen LogP) is 6.08. The molecule has 3 aromatic carbocycles. The minimum Gasteiger partial charge on any atom is -0.327 e. The normalized spacial score (nSPS) is 15.2. The van der Waals surface area contributed by atoms with Gasteiger partial charge in [0.2, 0.25) is 0 Å². The zero-order valence-corrected chi connectivity index (χ0v) is 18.6. The molecule has 0 fully saturated rings. The molecule has 0 radical (unpaired) electrons. The van der Waals surface area contributed by atoms with Crippen molar-refractivity contribution in [1.82, 2.24) is 14.9 Å². The zero-order valence-electron chi connectivity index (χ0n) is 18.6. The fourth-order valence-electron chi connectivity index (χ4n) is 4.94. The molecule has 1 atom stereocenters. The fourth-order valence-corrected chi connectivity index (χ4v) is 4.94. The van der Waals surface area contributed by atoms with Crippen LogP contribution in [0.1, 0.15) is 33.1 Å². The Morgan fingerprint density at radius 1 is 0.853 bits per heavy atom. The topological polar surface area (TPSA) is 46.1 Å². The highest BCUT2D eigenvalue weighted by Gasteiger charge is 2.33. The van der Waals surface area contributed by atoms with Crippen LogP contribution < -0.4 is 0 Å². The molecule has 2 aromatic heterocycles. The monoisotopic (exact) mass is 441 g/mol. The maximum Gasteiger partial charge on any atom is 0.255 e. The number of hydrogen-bond donors (Lipinski definition) is 0. The number of carbonyl (C=O) groups is 1. The second kappa shape index (κ2) is 8.56. The van der Waals surface area contributed by atoms with Crippen molar-refractivity contribution in [2.75, 3.05) is 6.54 Å². The second-order valence-corrected chi connectivity index (χ2v) is 8.57. The molecule has 0 spiro atoms. The van der Waals surface area contributed by atoms with E-state index in [4.69, 9.17) is 4.98 Å². The van der Waals surface area contributed by atoms with Crippen LogP contribution in [0.4, 0.5) is 0 Å². The summed E-state index contributed by atoms with van der Waals surface area (Å²) in [6.45, 7) is 0.653. The van der Waals surface area contributed by atoms with Crippen LogP contribution in [0.5, 0.6) is 0 Å². The van der Waals surface area contributed by atoms with Crippen molar-refractivity contribution in [3.8, 4) is 11.3 Å². The maximum atomic E-state index is 14.3. The summed E-state index contributed by atoms with van der Waals surface area (Å²) in [6, 6.07) is 32.4. The molecule has 4 nitrogen and oxygen atoms in total. The molecule has 0 aliphatic carbocycles. The molecule has 0 unspecified atom stereocenters. The van der Waals surface area contributed by atoms with Crippen LogP contribution in [0.3, 0.4) is 0 Å². The molecule has 1 aliphatic rings. The van der Waals surface area contributed by atoms with Crippen LogP contribution in [0.15, 0.2) is 109 Å². The first-order valence-electron chi connectivity index (χ1n) is 11.5. The molecule has 0 bridgehead atoms. The third-order valence-electron chi connectivity index (χ3n) is 6.57. The summed E-state index contributed by atoms with van der Waals surface area (Å²) in [5.41, 5.74) is 6.78. The van der Waals surface area contributed by atoms with Crippen LogP contribution >= 0.6 is 0 Å². The van der Waals surface area contributed by atoms with Crippen LogP contribution in [0.25, 0.3) is 22.2 Å². The number of rotatable bonds is 3. The number of amides is 1. The van der Waals surface area contributed by atoms with E-state index < -0.39 is 0 Å². The summed E-state index contributed by atoms with van der Waals surface area (Å²) >= 11 is 0. The van der Waals surface area contributed by atoms with Crippen LogP contribution in [0, 0.1) is 0 Å². The van der Waals surface area contributed by atoms with Crippen molar-refractivity contribution in [2.24, 2.45) is 0 Å². The maximum absolute atomic E-state index is 14.3. The van der Waals surface area contributed by atoms with Gasteiger partial charge in [0.05, 0.1) is 22.8 Å². The summed E-state index contributed by atoms with van der Waals surface area (Å²) in [7, 11) is 0. The summed E-state index contributed by atoms with van der Waals surface area (Å²) in [4.78, 5) is 25.4. The van der Waals surface area contributed by atoms with E-state index in [9.17, 15) is 4.79 Å². The Morgan fingerprint density at radius 3 is 2.41 bits per heavy atom. The predicted molar refractivity (Wildman–Crippen MR) is 134 cm³/mol. The number of nitrogens with zero attached hydrogens (tertiary/aromatic N) is 3. The van der Waals surface area contributed by atoms with Gasteiger partial charge in [-0.05, 0) is 35.2 Å². The van der Waals surface area contributed by atoms with E-state index in [1.54, 1.807) is 12.4 Å². The lowest BCUT2D eigenvalue weighted by Gasteiger charge is -2.38. The molecular formula is C30H23N3O. The molecule has 6 rings (SSSR count). The number of aromatic nitrogens is 2. The molecule has 164 valence electrons. The molecule has 0 N–H and O–H groups in total. The highest BCUT2D eigenvalue weighted by Crippen LogP contribution is 2.37. The van der Waals surface area contributed by atoms with E-state index in [0.717, 1.165) is 34.1 Å². The van der Waals surface area contributed by atoms with Crippen molar-refractivity contribution in [3.63, 3.8) is 0 Å². The standard InChI is InChI=1S/C30H23N3O/c34-30(25-19-28(22-10-3-1-4-11-22)32-27-15-17-31-20-26(25)27)33-18-16-21-9-7-8-14-24(21)29(33)23-12-5-2-6-13-23/h1-15,17,19-20,29H,16,18H2/t29-/m0/s1. The average molecular weight is 442 g/mol. The zero-order chi connectivity index (χ0) is 22.9. The van der Waals surface area contributed by atoms with Gasteiger partial charge in [0.1, 0.15) is 0 Å². The fraction of sp³-hybridized carbons (Fsp3) is 0.100. The molecule has 0 saturated carbocycles. The van der Waals surface area contributed by atoms with E-state index in [1.165, 1.54) is 11.1 Å². The number of hydrogen-bond acceptors (Lipinski definition) is 3. The molecule has 4 heteroatoms. The minimum absolute atomic E-state index is 0.000868. The largest absolute Gasteiger partial charge is 0.327 e. The summed E-state index contributed by atoms with van der Waals surface area (Å²) in [5, 5.41) is 0.776. The van der Waals surface area contributed by atoms with E-state index >= 15 is 0 Å². The van der Waals surface area contributed by atoms with Gasteiger partial charge >= 0.3 is 0 Å². The van der Waals surface area contributed by atoms with Gasteiger partial charge in [-0.15, -0.1) is 0 Å². The Kier molecular flexibility index (Phi) is 5.11. The molecule has 5 aromatic rings. The summed E-state index contributed by atoms with van der Waals surface area (Å²) < 4.78 is 0. The van der Waals surface area contributed by atoms with Gasteiger partial charge in [0.25, 0.3) is 5.91 Å². The Labute approximate surface area is 198 Å². The van der Waals surface area contributed by atoms with Gasteiger partial charge in [-0.2, -0.15) is 0 Å². The molecule has 34 heavy (non-hydrogen) atoms. The first-order chi connectivity index (χ1) is 16.8. The highest BCUT2D eigenvalue weighted by molar-refractivity contribution is 6.07. The summed E-state index contributed by atoms with van der Waals surface area (Å²) in [6.07, 6.45) is 4.31. The third-order valence-corrected chi connectivity index (χ3v) is 6.57. The van der Waals surface area contributed by atoms with Crippen molar-refractivity contribution < 1.29 is 4.79 Å². The highest BCUT2D eigenvalue weighted by atomic mass is 16.2. The van der Waals surface area contributed by atoms with E-state index in [2.05, 4.69) is 41.4 Å². The Bertz CT molecular complexity index is 1480. The van der Waals surface area contributed by atoms with Gasteiger partial charge in [-0.25, -0.2) is 4.98 Å². The van der Waals surface area contributed by atoms with Gasteiger partial charge in [0.15, 0.2) is 0 Å². The van der Waals surface area contributed by atoms with Crippen molar-refractivity contribution in [3.05, 3.63) is 132 Å². The summed E-state index contributed by atoms with van der Waals surface area (Å²) in [5.74, 6) is 0.000868. The minimum atomic E-state index is -0.140. The molecule has 0 saturated heterocycles. The average Bonchev–Trinajstić information content (AvgIpc) is 2.92. The number of pyridine rings is 2. The first kappa shape index (κ1) is 20.3. The van der Waals surface area contributed by atoms with Gasteiger partial charge in [-0.1, -0.05) is 84.9 Å². The number of carbonyl (C=O) groups excluding carboxylic acids is 1. The van der Waals surface area contributed by atoms with Crippen LogP contribution in [-0.2, 0) is 6.42 Å². The van der Waals surface area contributed by atoms with Gasteiger partial charge < -0.3 is 4.90 Å². The smallest absolute Gasteiger partial charge is 0.255 e. The van der Waals surface area contributed by atoms with E-state index in [-0.39, 0.29) is 11.9 Å². The SMILES string of the molecule is O=C(c1cc(-c2ccccc2)nc2ccncc12)N1CCc2ccccc2[C@@H]1c1ccccc1. The molecular weight excluding hydrogens is 418 g/mol. The molecule has 1 amide bonds. The Morgan fingerprint density at radius 2 is 1.59 bits per heavy atom. The third kappa shape index (κ3) is 3.54. The van der Waals surface area contributed by atoms with Crippen LogP contribution in [0.2, 0.25) is 0 Å². The van der Waals surface area contributed by atoms with E-state index in [1.807, 2.05) is 65.6 Å². The number of fused-ring (bicyclic) bond motifs is 2. The lowest BCUT2D eigenvalue weighted by atomic mass is 9.87. The quantitative estimate of drug-likeness (QED) is 0.341. The Balaban J connectivity index is 1.51. The molecule has 3 heterocycles. The van der Waals surface area contributed by atoms with Crippen LogP contribution in [-0.4, -0.2) is 27.3 Å². The number of benzene rings is 3. The lowest BCUT2D eigenvalue weighted by Crippen LogP contribution is -2.40. The van der Waals surface area contributed by atoms with Crippen molar-refractivity contribution >= 4 is 16.8 Å². The lowest BCUT2D eigenvalue weighted by molar-refractivity contribution is 0.0696. The first-order valence-corrected chi connectivity index (χ1v) is 11.5. The van der Waals surface area contributed by atoms with Crippen molar-refractivity contribution in [2.45, 2.75) is 12.5 Å². The second-order valence-electron chi connectivity index (χ2n) is 8.57. The van der Waals surface area contributed by atoms with Gasteiger partial charge in [0, 0.05) is 29.9 Å². The van der Waals surface area contributed by atoms with E-state index in [0.29, 0.717) is 12.1 Å².